The van der Waals surface area contributed by atoms with Crippen molar-refractivity contribution in [2.24, 2.45) is 0 Å². The monoisotopic (exact) mass is 487 g/mol. The molecule has 0 fully saturated rings. The van der Waals surface area contributed by atoms with Gasteiger partial charge in [0.2, 0.25) is 6.17 Å². The van der Waals surface area contributed by atoms with Gasteiger partial charge in [-0.3, -0.25) is 13.9 Å². The molecular weight excluding hydrogens is 462 g/mol. The summed E-state index contributed by atoms with van der Waals surface area (Å²) in [5.74, 6) is -0.718. The van der Waals surface area contributed by atoms with Gasteiger partial charge in [0.25, 0.3) is 28.4 Å². The summed E-state index contributed by atoms with van der Waals surface area (Å²) in [7, 11) is 0. The molecule has 1 amide bonds. The molecular formula is C23H25N3O5S2. The first-order valence-electron chi connectivity index (χ1n) is 10.0. The summed E-state index contributed by atoms with van der Waals surface area (Å²) >= 11 is -5.38. The van der Waals surface area contributed by atoms with Gasteiger partial charge in [-0.2, -0.15) is 0 Å². The van der Waals surface area contributed by atoms with Crippen LogP contribution in [0, 0.1) is 13.8 Å². The van der Waals surface area contributed by atoms with E-state index in [9.17, 15) is 22.3 Å². The third kappa shape index (κ3) is 6.26. The quantitative estimate of drug-likeness (QED) is 0.316. The minimum atomic E-state index is -2.69. The first kappa shape index (κ1) is 24.6. The van der Waals surface area contributed by atoms with E-state index in [2.05, 4.69) is 5.32 Å². The largest absolute Gasteiger partial charge is 0.349 e. The lowest BCUT2D eigenvalue weighted by molar-refractivity contribution is -0.122. The average Bonchev–Trinajstić information content (AvgIpc) is 2.79. The molecule has 0 saturated heterocycles. The molecule has 0 bridgehead atoms. The molecule has 2 atom stereocenters. The zero-order chi connectivity index (χ0) is 24.0. The number of rotatable bonds is 9. The molecule has 0 saturated carbocycles. The van der Waals surface area contributed by atoms with Crippen molar-refractivity contribution in [3.63, 3.8) is 0 Å². The zero-order valence-electron chi connectivity index (χ0n) is 18.1. The van der Waals surface area contributed by atoms with Crippen LogP contribution in [-0.4, -0.2) is 29.6 Å². The molecule has 0 aliphatic rings. The normalized spacial score (nSPS) is 13.6. The fourth-order valence-corrected chi connectivity index (χ4v) is 4.59. The summed E-state index contributed by atoms with van der Waals surface area (Å²) in [5.41, 5.74) is 3.11. The average molecular weight is 488 g/mol. The van der Waals surface area contributed by atoms with Crippen LogP contribution in [0.1, 0.15) is 16.7 Å². The van der Waals surface area contributed by atoms with E-state index in [0.29, 0.717) is 0 Å². The molecule has 0 heterocycles. The summed E-state index contributed by atoms with van der Waals surface area (Å²) in [6, 6.07) is 22.3. The molecule has 10 heteroatoms. The number of carbonyl (C=O) groups excluding carboxylic acids is 1. The summed E-state index contributed by atoms with van der Waals surface area (Å²) in [4.78, 5) is 13.4. The molecule has 3 rings (SSSR count). The van der Waals surface area contributed by atoms with Crippen LogP contribution in [0.2, 0.25) is 0 Å². The molecule has 8 nitrogen and oxygen atoms in total. The Hall–Kier alpha value is -3.05. The molecule has 0 aliphatic heterocycles. The van der Waals surface area contributed by atoms with E-state index >= 15 is 0 Å². The number of hydrogen-bond acceptors (Lipinski definition) is 3. The van der Waals surface area contributed by atoms with Crippen LogP contribution < -0.4 is 13.9 Å². The summed E-state index contributed by atoms with van der Waals surface area (Å²) in [6.07, 6.45) is -1.60. The Kier molecular flexibility index (Phi) is 8.34. The van der Waals surface area contributed by atoms with Crippen LogP contribution in [0.25, 0.3) is 0 Å². The van der Waals surface area contributed by atoms with E-state index in [1.165, 1.54) is 0 Å². The molecule has 174 valence electrons. The highest BCUT2D eigenvalue weighted by Crippen LogP contribution is 2.27. The highest BCUT2D eigenvalue weighted by molar-refractivity contribution is 7.82. The maximum atomic E-state index is 13.4. The standard InChI is InChI=1S/C23H25N3O5S2/c1-17-8-12-20(13-9-17)25(32(28)29)23(22(27)24-16-19-6-4-3-5-7-19)26(33(30)31)21-14-10-18(2)11-15-21/h3-15,23H,16H2,1-2H3,(H,24,27)(H,28,29)(H,30,31). The smallest absolute Gasteiger partial charge is 0.266 e. The Morgan fingerprint density at radius 2 is 1.21 bits per heavy atom. The van der Waals surface area contributed by atoms with E-state index in [-0.39, 0.29) is 17.9 Å². The third-order valence-electron chi connectivity index (χ3n) is 4.90. The van der Waals surface area contributed by atoms with E-state index < -0.39 is 34.6 Å². The fraction of sp³-hybridized carbons (Fsp3) is 0.174. The van der Waals surface area contributed by atoms with E-state index in [1.807, 2.05) is 44.2 Å². The van der Waals surface area contributed by atoms with Gasteiger partial charge in [0.05, 0.1) is 11.4 Å². The Morgan fingerprint density at radius 1 is 0.788 bits per heavy atom. The maximum Gasteiger partial charge on any atom is 0.266 e. The Balaban J connectivity index is 2.07. The second-order valence-electron chi connectivity index (χ2n) is 7.36. The lowest BCUT2D eigenvalue weighted by Gasteiger charge is -2.36. The van der Waals surface area contributed by atoms with Crippen molar-refractivity contribution in [3.05, 3.63) is 95.6 Å². The van der Waals surface area contributed by atoms with Gasteiger partial charge in [-0.25, -0.2) is 17.0 Å². The number of amides is 1. The molecule has 3 N–H and O–H groups in total. The summed E-state index contributed by atoms with van der Waals surface area (Å²) < 4.78 is 47.1. The van der Waals surface area contributed by atoms with Crippen LogP contribution in [0.4, 0.5) is 11.4 Å². The number of carbonyl (C=O) groups is 1. The summed E-state index contributed by atoms with van der Waals surface area (Å²) in [5, 5.41) is 2.72. The van der Waals surface area contributed by atoms with Crippen molar-refractivity contribution in [2.75, 3.05) is 8.61 Å². The predicted molar refractivity (Wildman–Crippen MR) is 131 cm³/mol. The first-order valence-corrected chi connectivity index (χ1v) is 12.2. The van der Waals surface area contributed by atoms with Crippen molar-refractivity contribution in [3.8, 4) is 0 Å². The van der Waals surface area contributed by atoms with E-state index in [1.54, 1.807) is 48.5 Å². The minimum Gasteiger partial charge on any atom is -0.349 e. The van der Waals surface area contributed by atoms with Gasteiger partial charge in [-0.15, -0.1) is 0 Å². The first-order chi connectivity index (χ1) is 15.8. The third-order valence-corrected chi connectivity index (χ3v) is 6.40. The number of aryl methyl sites for hydroxylation is 2. The highest BCUT2D eigenvalue weighted by atomic mass is 32.2. The lowest BCUT2D eigenvalue weighted by Crippen LogP contribution is -2.58. The number of benzene rings is 3. The Bertz CT molecular complexity index is 1060. The van der Waals surface area contributed by atoms with Gasteiger partial charge in [-0.05, 0) is 43.7 Å². The molecule has 0 aromatic heterocycles. The van der Waals surface area contributed by atoms with E-state index in [4.69, 9.17) is 0 Å². The van der Waals surface area contributed by atoms with Crippen molar-refractivity contribution >= 4 is 39.8 Å². The predicted octanol–water partition coefficient (Wildman–Crippen LogP) is 3.53. The topological polar surface area (TPSA) is 110 Å². The van der Waals surface area contributed by atoms with Crippen molar-refractivity contribution < 1.29 is 22.3 Å². The molecule has 0 aliphatic carbocycles. The molecule has 33 heavy (non-hydrogen) atoms. The highest BCUT2D eigenvalue weighted by Gasteiger charge is 2.38. The van der Waals surface area contributed by atoms with Crippen LogP contribution in [0.3, 0.4) is 0 Å². The van der Waals surface area contributed by atoms with Crippen molar-refractivity contribution in [1.29, 1.82) is 0 Å². The van der Waals surface area contributed by atoms with Gasteiger partial charge >= 0.3 is 0 Å². The SMILES string of the molecule is Cc1ccc(N(C(C(=O)NCc2ccccc2)N(c2ccc(C)cc2)S(=O)O)S(=O)O)cc1. The molecule has 3 aromatic rings. The minimum absolute atomic E-state index is 0.135. The number of anilines is 2. The Morgan fingerprint density at radius 3 is 1.61 bits per heavy atom. The summed E-state index contributed by atoms with van der Waals surface area (Å²) in [6.45, 7) is 3.85. The van der Waals surface area contributed by atoms with Gasteiger partial charge in [0, 0.05) is 6.54 Å². The number of hydrogen-bond donors (Lipinski definition) is 3. The lowest BCUT2D eigenvalue weighted by atomic mass is 10.2. The van der Waals surface area contributed by atoms with Crippen LogP contribution in [0.5, 0.6) is 0 Å². The van der Waals surface area contributed by atoms with Crippen molar-refractivity contribution in [1.82, 2.24) is 5.32 Å². The fourth-order valence-electron chi connectivity index (χ4n) is 3.20. The Labute approximate surface area is 198 Å². The van der Waals surface area contributed by atoms with Gasteiger partial charge in [-0.1, -0.05) is 65.7 Å². The molecule has 2 unspecified atom stereocenters. The second kappa shape index (κ2) is 11.2. The number of nitrogens with one attached hydrogen (secondary N) is 1. The number of nitrogens with zero attached hydrogens (tertiary/aromatic N) is 2. The molecule has 3 aromatic carbocycles. The maximum absolute atomic E-state index is 13.4. The van der Waals surface area contributed by atoms with Gasteiger partial charge in [0.15, 0.2) is 0 Å². The van der Waals surface area contributed by atoms with Gasteiger partial charge < -0.3 is 5.32 Å². The molecule has 0 radical (unpaired) electrons. The van der Waals surface area contributed by atoms with E-state index in [0.717, 1.165) is 25.3 Å². The second-order valence-corrected chi connectivity index (χ2v) is 9.07. The molecule has 0 spiro atoms. The van der Waals surface area contributed by atoms with Crippen molar-refractivity contribution in [2.45, 2.75) is 26.6 Å². The van der Waals surface area contributed by atoms with Gasteiger partial charge in [0.1, 0.15) is 0 Å². The van der Waals surface area contributed by atoms with Crippen LogP contribution >= 0.6 is 0 Å². The van der Waals surface area contributed by atoms with Crippen LogP contribution in [-0.2, 0) is 33.9 Å². The van der Waals surface area contributed by atoms with Crippen LogP contribution in [0.15, 0.2) is 78.9 Å². The zero-order valence-corrected chi connectivity index (χ0v) is 19.8.